The lowest BCUT2D eigenvalue weighted by molar-refractivity contribution is 0.0461. The third-order valence-electron chi connectivity index (χ3n) is 2.63. The summed E-state index contributed by atoms with van der Waals surface area (Å²) in [6.45, 7) is 6.87. The van der Waals surface area contributed by atoms with Crippen LogP contribution in [0.4, 0.5) is 4.39 Å². The van der Waals surface area contributed by atoms with Crippen LogP contribution in [0.25, 0.3) is 0 Å². The number of carbonyl (C=O) groups is 1. The molecule has 0 aliphatic carbocycles. The molecule has 1 aromatic carbocycles. The Balaban J connectivity index is 2.43. The Morgan fingerprint density at radius 2 is 1.94 bits per heavy atom. The molecule has 0 aromatic heterocycles. The molecule has 0 heterocycles. The van der Waals surface area contributed by atoms with Crippen LogP contribution in [0, 0.1) is 5.82 Å². The summed E-state index contributed by atoms with van der Waals surface area (Å²) in [6.07, 6.45) is 0. The molecule has 0 aliphatic heterocycles. The fourth-order valence-electron chi connectivity index (χ4n) is 1.51. The number of likely N-dealkylation sites (N-methyl/N-ethyl adjacent to an activating group) is 1. The van der Waals surface area contributed by atoms with Gasteiger partial charge in [0, 0.05) is 6.54 Å². The molecule has 0 saturated carbocycles. The Kier molecular flexibility index (Phi) is 5.63. The van der Waals surface area contributed by atoms with Crippen LogP contribution in [0.1, 0.15) is 24.2 Å². The predicted molar refractivity (Wildman–Crippen MR) is 64.5 cm³/mol. The Labute approximate surface area is 101 Å². The minimum absolute atomic E-state index is 0.00736. The van der Waals surface area contributed by atoms with Gasteiger partial charge in [-0.3, -0.25) is 0 Å². The zero-order valence-corrected chi connectivity index (χ0v) is 10.3. The number of hydrogen-bond donors (Lipinski definition) is 0. The van der Waals surface area contributed by atoms with Crippen molar-refractivity contribution >= 4 is 5.97 Å². The van der Waals surface area contributed by atoms with Crippen molar-refractivity contribution in [2.75, 3.05) is 26.2 Å². The topological polar surface area (TPSA) is 29.5 Å². The molecular weight excluding hydrogens is 221 g/mol. The van der Waals surface area contributed by atoms with Crippen molar-refractivity contribution in [1.82, 2.24) is 4.90 Å². The molecule has 3 nitrogen and oxygen atoms in total. The summed E-state index contributed by atoms with van der Waals surface area (Å²) in [6, 6.07) is 5.84. The molecule has 0 fully saturated rings. The van der Waals surface area contributed by atoms with Gasteiger partial charge in [-0.2, -0.15) is 0 Å². The van der Waals surface area contributed by atoms with Gasteiger partial charge in [0.15, 0.2) is 0 Å². The van der Waals surface area contributed by atoms with Gasteiger partial charge >= 0.3 is 5.97 Å². The molecular formula is C13H18FNO2. The van der Waals surface area contributed by atoms with E-state index in [-0.39, 0.29) is 12.2 Å². The second-order valence-electron chi connectivity index (χ2n) is 3.64. The first-order chi connectivity index (χ1) is 8.19. The number of esters is 1. The van der Waals surface area contributed by atoms with Crippen LogP contribution in [0.2, 0.25) is 0 Å². The summed E-state index contributed by atoms with van der Waals surface area (Å²) in [5, 5.41) is 0. The first kappa shape index (κ1) is 13.6. The van der Waals surface area contributed by atoms with Gasteiger partial charge in [-0.25, -0.2) is 9.18 Å². The van der Waals surface area contributed by atoms with Crippen molar-refractivity contribution < 1.29 is 13.9 Å². The average Bonchev–Trinajstić information content (AvgIpc) is 2.35. The van der Waals surface area contributed by atoms with Gasteiger partial charge in [-0.05, 0) is 25.2 Å². The monoisotopic (exact) mass is 239 g/mol. The maximum atomic E-state index is 13.2. The fraction of sp³-hybridized carbons (Fsp3) is 0.462. The van der Waals surface area contributed by atoms with E-state index >= 15 is 0 Å². The normalized spacial score (nSPS) is 10.6. The Morgan fingerprint density at radius 3 is 2.53 bits per heavy atom. The van der Waals surface area contributed by atoms with Gasteiger partial charge in [-0.15, -0.1) is 0 Å². The maximum absolute atomic E-state index is 13.2. The smallest absolute Gasteiger partial charge is 0.341 e. The summed E-state index contributed by atoms with van der Waals surface area (Å²) < 4.78 is 18.3. The first-order valence-electron chi connectivity index (χ1n) is 5.83. The van der Waals surface area contributed by atoms with Crippen molar-refractivity contribution in [3.63, 3.8) is 0 Å². The number of carbonyl (C=O) groups excluding carboxylic acids is 1. The van der Waals surface area contributed by atoms with E-state index in [0.29, 0.717) is 6.54 Å². The molecule has 0 atom stereocenters. The van der Waals surface area contributed by atoms with E-state index in [1.807, 2.05) is 13.8 Å². The summed E-state index contributed by atoms with van der Waals surface area (Å²) >= 11 is 0. The molecule has 0 spiro atoms. The molecule has 0 N–H and O–H groups in total. The highest BCUT2D eigenvalue weighted by Gasteiger charge is 2.12. The van der Waals surface area contributed by atoms with Crippen molar-refractivity contribution in [3.05, 3.63) is 35.6 Å². The largest absolute Gasteiger partial charge is 0.461 e. The van der Waals surface area contributed by atoms with Gasteiger partial charge in [0.25, 0.3) is 0 Å². The van der Waals surface area contributed by atoms with E-state index in [1.54, 1.807) is 12.1 Å². The minimum atomic E-state index is -0.602. The zero-order chi connectivity index (χ0) is 12.7. The summed E-state index contributed by atoms with van der Waals surface area (Å²) in [7, 11) is 0. The van der Waals surface area contributed by atoms with Gasteiger partial charge in [0.05, 0.1) is 5.56 Å². The maximum Gasteiger partial charge on any atom is 0.341 e. The zero-order valence-electron chi connectivity index (χ0n) is 10.3. The number of benzene rings is 1. The van der Waals surface area contributed by atoms with E-state index < -0.39 is 11.8 Å². The van der Waals surface area contributed by atoms with Crippen LogP contribution in [0.3, 0.4) is 0 Å². The van der Waals surface area contributed by atoms with Crippen molar-refractivity contribution in [1.29, 1.82) is 0 Å². The number of nitrogens with zero attached hydrogens (tertiary/aromatic N) is 1. The molecule has 0 aliphatic rings. The molecule has 0 amide bonds. The summed E-state index contributed by atoms with van der Waals surface area (Å²) in [4.78, 5) is 13.7. The van der Waals surface area contributed by atoms with E-state index in [2.05, 4.69) is 4.90 Å². The summed E-state index contributed by atoms with van der Waals surface area (Å²) in [5.41, 5.74) is -0.00736. The van der Waals surface area contributed by atoms with Crippen LogP contribution in [-0.4, -0.2) is 37.1 Å². The fourth-order valence-corrected chi connectivity index (χ4v) is 1.51. The van der Waals surface area contributed by atoms with Crippen LogP contribution in [0.5, 0.6) is 0 Å². The number of ether oxygens (including phenoxy) is 1. The third-order valence-corrected chi connectivity index (χ3v) is 2.63. The highest BCUT2D eigenvalue weighted by Crippen LogP contribution is 2.07. The average molecular weight is 239 g/mol. The highest BCUT2D eigenvalue weighted by atomic mass is 19.1. The molecule has 0 unspecified atom stereocenters. The van der Waals surface area contributed by atoms with Crippen molar-refractivity contribution in [3.8, 4) is 0 Å². The molecule has 17 heavy (non-hydrogen) atoms. The molecule has 94 valence electrons. The third kappa shape index (κ3) is 4.15. The quantitative estimate of drug-likeness (QED) is 0.713. The second kappa shape index (κ2) is 7.01. The number of hydrogen-bond acceptors (Lipinski definition) is 3. The van der Waals surface area contributed by atoms with Crippen LogP contribution in [-0.2, 0) is 4.74 Å². The molecule has 1 rings (SSSR count). The lowest BCUT2D eigenvalue weighted by atomic mass is 10.2. The Hall–Kier alpha value is -1.42. The lowest BCUT2D eigenvalue weighted by Crippen LogP contribution is -2.28. The van der Waals surface area contributed by atoms with Gasteiger partial charge in [0.2, 0.25) is 0 Å². The van der Waals surface area contributed by atoms with E-state index in [1.165, 1.54) is 12.1 Å². The van der Waals surface area contributed by atoms with E-state index in [9.17, 15) is 9.18 Å². The van der Waals surface area contributed by atoms with Gasteiger partial charge in [0.1, 0.15) is 12.4 Å². The van der Waals surface area contributed by atoms with Crippen molar-refractivity contribution in [2.45, 2.75) is 13.8 Å². The van der Waals surface area contributed by atoms with Gasteiger partial charge in [-0.1, -0.05) is 26.0 Å². The molecule has 4 heteroatoms. The van der Waals surface area contributed by atoms with Crippen molar-refractivity contribution in [2.24, 2.45) is 0 Å². The number of halogens is 1. The molecule has 0 radical (unpaired) electrons. The first-order valence-corrected chi connectivity index (χ1v) is 5.83. The Bertz CT molecular complexity index is 364. The van der Waals surface area contributed by atoms with Crippen LogP contribution < -0.4 is 0 Å². The summed E-state index contributed by atoms with van der Waals surface area (Å²) in [5.74, 6) is -1.14. The lowest BCUT2D eigenvalue weighted by Gasteiger charge is -2.17. The molecule has 1 aromatic rings. The number of rotatable bonds is 6. The predicted octanol–water partition coefficient (Wildman–Crippen LogP) is 2.32. The van der Waals surface area contributed by atoms with Crippen LogP contribution >= 0.6 is 0 Å². The van der Waals surface area contributed by atoms with Gasteiger partial charge < -0.3 is 9.64 Å². The highest BCUT2D eigenvalue weighted by molar-refractivity contribution is 5.89. The SMILES string of the molecule is CCN(CC)CCOC(=O)c1ccccc1F. The van der Waals surface area contributed by atoms with E-state index in [4.69, 9.17) is 4.74 Å². The second-order valence-corrected chi connectivity index (χ2v) is 3.64. The van der Waals surface area contributed by atoms with E-state index in [0.717, 1.165) is 13.1 Å². The Morgan fingerprint density at radius 1 is 1.29 bits per heavy atom. The molecule has 0 saturated heterocycles. The molecule has 0 bridgehead atoms. The van der Waals surface area contributed by atoms with Crippen LogP contribution in [0.15, 0.2) is 24.3 Å². The standard InChI is InChI=1S/C13H18FNO2/c1-3-15(4-2)9-10-17-13(16)11-7-5-6-8-12(11)14/h5-8H,3-4,9-10H2,1-2H3. The minimum Gasteiger partial charge on any atom is -0.461 e.